The first-order valence-corrected chi connectivity index (χ1v) is 9.03. The van der Waals surface area contributed by atoms with Crippen molar-refractivity contribution in [1.29, 1.82) is 5.26 Å². The number of hydrogen-bond acceptors (Lipinski definition) is 4. The smallest absolute Gasteiger partial charge is 0.399 e. The van der Waals surface area contributed by atoms with Gasteiger partial charge in [-0.25, -0.2) is 0 Å². The quantitative estimate of drug-likeness (QED) is 0.796. The van der Waals surface area contributed by atoms with Gasteiger partial charge in [0.2, 0.25) is 0 Å². The highest BCUT2D eigenvalue weighted by Crippen LogP contribution is 2.38. The summed E-state index contributed by atoms with van der Waals surface area (Å²) in [6, 6.07) is 2.50. The van der Waals surface area contributed by atoms with Crippen LogP contribution < -0.4 is 5.46 Å². The second-order valence-electron chi connectivity index (χ2n) is 8.21. The van der Waals surface area contributed by atoms with Gasteiger partial charge in [-0.3, -0.25) is 4.68 Å². The third-order valence-electron chi connectivity index (χ3n) is 6.05. The molecule has 5 nitrogen and oxygen atoms in total. The van der Waals surface area contributed by atoms with E-state index in [0.29, 0.717) is 12.3 Å². The molecule has 1 saturated heterocycles. The van der Waals surface area contributed by atoms with Crippen LogP contribution in [0.3, 0.4) is 0 Å². The Labute approximate surface area is 145 Å². The minimum atomic E-state index is -0.393. The third-order valence-corrected chi connectivity index (χ3v) is 6.05. The summed E-state index contributed by atoms with van der Waals surface area (Å²) < 4.78 is 14.3. The maximum atomic E-state index is 9.24. The molecule has 130 valence electrons. The van der Waals surface area contributed by atoms with Crippen LogP contribution in [0.2, 0.25) is 0 Å². The van der Waals surface area contributed by atoms with Gasteiger partial charge < -0.3 is 9.31 Å². The normalized spacial score (nSPS) is 24.2. The van der Waals surface area contributed by atoms with E-state index in [2.05, 4.69) is 33.8 Å². The molecule has 6 heteroatoms. The molecule has 3 rings (SSSR count). The molecule has 2 aliphatic rings. The molecule has 1 unspecified atom stereocenters. The van der Waals surface area contributed by atoms with E-state index in [9.17, 15) is 5.26 Å². The minimum Gasteiger partial charge on any atom is -0.399 e. The van der Waals surface area contributed by atoms with Crippen molar-refractivity contribution in [3.8, 4) is 6.07 Å². The largest absolute Gasteiger partial charge is 0.498 e. The fourth-order valence-corrected chi connectivity index (χ4v) is 3.78. The van der Waals surface area contributed by atoms with Gasteiger partial charge in [-0.05, 0) is 53.4 Å². The zero-order valence-corrected chi connectivity index (χ0v) is 15.5. The fraction of sp³-hybridized carbons (Fsp3) is 0.778. The van der Waals surface area contributed by atoms with E-state index < -0.39 is 7.12 Å². The Kier molecular flexibility index (Phi) is 4.52. The summed E-state index contributed by atoms with van der Waals surface area (Å²) in [7, 11) is -0.393. The van der Waals surface area contributed by atoms with Crippen LogP contribution in [0.1, 0.15) is 71.5 Å². The lowest BCUT2D eigenvalue weighted by Crippen LogP contribution is -2.41. The van der Waals surface area contributed by atoms with Crippen LogP contribution in [0.15, 0.2) is 6.20 Å². The zero-order valence-electron chi connectivity index (χ0n) is 15.5. The van der Waals surface area contributed by atoms with Gasteiger partial charge in [-0.2, -0.15) is 10.4 Å². The van der Waals surface area contributed by atoms with Gasteiger partial charge in [0, 0.05) is 11.7 Å². The van der Waals surface area contributed by atoms with E-state index in [0.717, 1.165) is 11.2 Å². The van der Waals surface area contributed by atoms with Crippen molar-refractivity contribution in [3.63, 3.8) is 0 Å². The van der Waals surface area contributed by atoms with Crippen LogP contribution in [0.5, 0.6) is 0 Å². The van der Waals surface area contributed by atoms with Gasteiger partial charge in [0.05, 0.1) is 35.4 Å². The van der Waals surface area contributed by atoms with Crippen LogP contribution in [-0.2, 0) is 9.31 Å². The lowest BCUT2D eigenvalue weighted by molar-refractivity contribution is 0.00578. The Bertz CT molecular complexity index is 625. The van der Waals surface area contributed by atoms with E-state index in [-0.39, 0.29) is 17.2 Å². The number of aryl methyl sites for hydroxylation is 1. The van der Waals surface area contributed by atoms with Gasteiger partial charge in [0.25, 0.3) is 0 Å². The summed E-state index contributed by atoms with van der Waals surface area (Å²) in [5.41, 5.74) is 1.19. The molecule has 0 bridgehead atoms. The van der Waals surface area contributed by atoms with Crippen molar-refractivity contribution in [2.75, 3.05) is 0 Å². The molecule has 0 N–H and O–H groups in total. The molecule has 1 aromatic heterocycles. The SMILES string of the molecule is Cc1nn(C(CC#N)C2CCCC2)cc1B1OC(C)(C)C(C)(C)O1. The second-order valence-corrected chi connectivity index (χ2v) is 8.21. The zero-order chi connectivity index (χ0) is 17.5. The molecule has 1 aliphatic carbocycles. The monoisotopic (exact) mass is 329 g/mol. The molecule has 1 saturated carbocycles. The van der Waals surface area contributed by atoms with Gasteiger partial charge in [-0.1, -0.05) is 12.8 Å². The number of rotatable bonds is 4. The molecule has 24 heavy (non-hydrogen) atoms. The van der Waals surface area contributed by atoms with Gasteiger partial charge in [0.15, 0.2) is 0 Å². The van der Waals surface area contributed by atoms with E-state index >= 15 is 0 Å². The van der Waals surface area contributed by atoms with Crippen molar-refractivity contribution < 1.29 is 9.31 Å². The molecule has 0 spiro atoms. The lowest BCUT2D eigenvalue weighted by Gasteiger charge is -2.32. The predicted octanol–water partition coefficient (Wildman–Crippen LogP) is 3.14. The number of hydrogen-bond donors (Lipinski definition) is 0. The topological polar surface area (TPSA) is 60.1 Å². The van der Waals surface area contributed by atoms with Crippen LogP contribution >= 0.6 is 0 Å². The third kappa shape index (κ3) is 3.00. The number of aromatic nitrogens is 2. The van der Waals surface area contributed by atoms with Gasteiger partial charge >= 0.3 is 7.12 Å². The fourth-order valence-electron chi connectivity index (χ4n) is 3.78. The molecule has 2 fully saturated rings. The molecular weight excluding hydrogens is 301 g/mol. The number of nitriles is 1. The Morgan fingerprint density at radius 3 is 2.42 bits per heavy atom. The highest BCUT2D eigenvalue weighted by Gasteiger charge is 2.52. The van der Waals surface area contributed by atoms with E-state index in [1.54, 1.807) is 0 Å². The van der Waals surface area contributed by atoms with Crippen molar-refractivity contribution in [2.45, 2.75) is 84.0 Å². The molecular formula is C18H28BN3O2. The number of nitrogens with zero attached hydrogens (tertiary/aromatic N) is 3. The molecule has 1 atom stereocenters. The average Bonchev–Trinajstić information content (AvgIpc) is 3.16. The first-order valence-electron chi connectivity index (χ1n) is 9.03. The predicted molar refractivity (Wildman–Crippen MR) is 93.9 cm³/mol. The lowest BCUT2D eigenvalue weighted by atomic mass is 9.79. The van der Waals surface area contributed by atoms with E-state index in [1.807, 2.05) is 17.8 Å². The van der Waals surface area contributed by atoms with Crippen molar-refractivity contribution in [1.82, 2.24) is 9.78 Å². The van der Waals surface area contributed by atoms with Crippen LogP contribution in [-0.4, -0.2) is 28.1 Å². The molecule has 0 amide bonds. The van der Waals surface area contributed by atoms with Crippen molar-refractivity contribution in [3.05, 3.63) is 11.9 Å². The highest BCUT2D eigenvalue weighted by molar-refractivity contribution is 6.62. The van der Waals surface area contributed by atoms with Crippen molar-refractivity contribution >= 4 is 12.6 Å². The molecule has 1 aliphatic heterocycles. The highest BCUT2D eigenvalue weighted by atomic mass is 16.7. The summed E-state index contributed by atoms with van der Waals surface area (Å²) >= 11 is 0. The summed E-state index contributed by atoms with van der Waals surface area (Å²) in [6.07, 6.45) is 7.45. The Morgan fingerprint density at radius 2 is 1.88 bits per heavy atom. The van der Waals surface area contributed by atoms with Crippen LogP contribution in [0, 0.1) is 24.2 Å². The maximum absolute atomic E-state index is 9.24. The first kappa shape index (κ1) is 17.5. The minimum absolute atomic E-state index is 0.160. The van der Waals surface area contributed by atoms with Gasteiger partial charge in [-0.15, -0.1) is 0 Å². The first-order chi connectivity index (χ1) is 11.2. The second kappa shape index (κ2) is 6.20. The average molecular weight is 329 g/mol. The Hall–Kier alpha value is -1.32. The van der Waals surface area contributed by atoms with Crippen LogP contribution in [0.25, 0.3) is 0 Å². The Balaban J connectivity index is 1.86. The van der Waals surface area contributed by atoms with Crippen LogP contribution in [0.4, 0.5) is 0 Å². The van der Waals surface area contributed by atoms with Gasteiger partial charge in [0.1, 0.15) is 0 Å². The Morgan fingerprint density at radius 1 is 1.29 bits per heavy atom. The molecule has 2 heterocycles. The van der Waals surface area contributed by atoms with E-state index in [4.69, 9.17) is 14.4 Å². The van der Waals surface area contributed by atoms with Crippen molar-refractivity contribution in [2.24, 2.45) is 5.92 Å². The molecule has 1 aromatic rings. The summed E-state index contributed by atoms with van der Waals surface area (Å²) in [6.45, 7) is 10.2. The summed E-state index contributed by atoms with van der Waals surface area (Å²) in [5.74, 6) is 0.551. The maximum Gasteiger partial charge on any atom is 0.498 e. The standard InChI is InChI=1S/C18H28BN3O2/c1-13-15(19-23-17(2,3)18(4,5)24-19)12-22(21-13)16(10-11-20)14-8-6-7-9-14/h12,14,16H,6-10H2,1-5H3. The summed E-state index contributed by atoms with van der Waals surface area (Å²) in [5, 5.41) is 14.0. The summed E-state index contributed by atoms with van der Waals surface area (Å²) in [4.78, 5) is 0. The molecule has 0 radical (unpaired) electrons. The van der Waals surface area contributed by atoms with E-state index in [1.165, 1.54) is 25.7 Å². The molecule has 0 aromatic carbocycles.